The van der Waals surface area contributed by atoms with Gasteiger partial charge in [-0.1, -0.05) is 13.8 Å². The van der Waals surface area contributed by atoms with Gasteiger partial charge in [0.2, 0.25) is 0 Å². The van der Waals surface area contributed by atoms with Crippen molar-refractivity contribution in [3.63, 3.8) is 0 Å². The number of carbonyl (C=O) groups is 2. The molecule has 1 aliphatic carbocycles. The van der Waals surface area contributed by atoms with E-state index in [1.54, 1.807) is 4.90 Å². The van der Waals surface area contributed by atoms with Crippen LogP contribution < -0.4 is 5.56 Å². The topological polar surface area (TPSA) is 70.2 Å². The molecule has 0 saturated carbocycles. The lowest BCUT2D eigenvalue weighted by Crippen LogP contribution is -2.37. The molecule has 1 amide bonds. The Morgan fingerprint density at radius 3 is 2.43 bits per heavy atom. The van der Waals surface area contributed by atoms with Crippen LogP contribution in [-0.4, -0.2) is 34.7 Å². The molecule has 1 aliphatic rings. The normalized spacial score (nSPS) is 16.5. The van der Waals surface area contributed by atoms with Crippen LogP contribution in [0.3, 0.4) is 0 Å². The highest BCUT2D eigenvalue weighted by molar-refractivity contribution is 6.02. The molecule has 5 nitrogen and oxygen atoms in total. The Labute approximate surface area is 124 Å². The van der Waals surface area contributed by atoms with Gasteiger partial charge >= 0.3 is 0 Å². The maximum Gasteiger partial charge on any atom is 0.261 e. The number of rotatable bonds is 3. The predicted molar refractivity (Wildman–Crippen MR) is 80.7 cm³/mol. The second-order valence-corrected chi connectivity index (χ2v) is 6.32. The van der Waals surface area contributed by atoms with Gasteiger partial charge in [0.05, 0.1) is 0 Å². The zero-order chi connectivity index (χ0) is 15.8. The van der Waals surface area contributed by atoms with E-state index < -0.39 is 5.56 Å². The van der Waals surface area contributed by atoms with Gasteiger partial charge in [0.25, 0.3) is 11.5 Å². The summed E-state index contributed by atoms with van der Waals surface area (Å²) in [4.78, 5) is 41.1. The smallest absolute Gasteiger partial charge is 0.261 e. The standard InChI is InChI=1S/C16H22N2O3/c1-5-18(6-2)15(21)11-7-10-12(17-14(11)20)8-16(3,4)9-13(10)19/h7H,5-6,8-9H2,1-4H3,(H,17,20). The van der Waals surface area contributed by atoms with Crippen molar-refractivity contribution in [3.05, 3.63) is 33.2 Å². The molecule has 0 unspecified atom stereocenters. The maximum absolute atomic E-state index is 12.3. The Morgan fingerprint density at radius 2 is 1.86 bits per heavy atom. The predicted octanol–water partition coefficient (Wildman–Crippen LogP) is 2.01. The summed E-state index contributed by atoms with van der Waals surface area (Å²) >= 11 is 0. The van der Waals surface area contributed by atoms with Gasteiger partial charge in [0.1, 0.15) is 5.56 Å². The zero-order valence-electron chi connectivity index (χ0n) is 13.1. The first-order chi connectivity index (χ1) is 9.79. The fraction of sp³-hybridized carbons (Fsp3) is 0.562. The molecular formula is C16H22N2O3. The van der Waals surface area contributed by atoms with E-state index in [4.69, 9.17) is 0 Å². The van der Waals surface area contributed by atoms with E-state index in [9.17, 15) is 14.4 Å². The van der Waals surface area contributed by atoms with Crippen LogP contribution in [0.25, 0.3) is 0 Å². The molecule has 0 spiro atoms. The van der Waals surface area contributed by atoms with Crippen molar-refractivity contribution in [1.29, 1.82) is 0 Å². The summed E-state index contributed by atoms with van der Waals surface area (Å²) in [7, 11) is 0. The van der Waals surface area contributed by atoms with Gasteiger partial charge in [-0.15, -0.1) is 0 Å². The van der Waals surface area contributed by atoms with E-state index in [2.05, 4.69) is 4.98 Å². The first-order valence-electron chi connectivity index (χ1n) is 7.37. The number of nitrogens with one attached hydrogen (secondary N) is 1. The quantitative estimate of drug-likeness (QED) is 0.925. The van der Waals surface area contributed by atoms with Crippen molar-refractivity contribution in [2.75, 3.05) is 13.1 Å². The lowest BCUT2D eigenvalue weighted by molar-refractivity contribution is 0.0771. The van der Waals surface area contributed by atoms with E-state index in [1.807, 2.05) is 27.7 Å². The number of pyridine rings is 1. The van der Waals surface area contributed by atoms with E-state index in [-0.39, 0.29) is 22.7 Å². The van der Waals surface area contributed by atoms with E-state index in [0.29, 0.717) is 37.2 Å². The second kappa shape index (κ2) is 5.47. The largest absolute Gasteiger partial charge is 0.339 e. The number of Topliss-reactive ketones (excluding diaryl/α,β-unsaturated/α-hetero) is 1. The molecule has 0 atom stereocenters. The number of carbonyl (C=O) groups excluding carboxylic acids is 2. The molecule has 0 fully saturated rings. The van der Waals surface area contributed by atoms with Gasteiger partial charge in [0, 0.05) is 30.8 Å². The molecule has 0 aromatic carbocycles. The number of aromatic nitrogens is 1. The van der Waals surface area contributed by atoms with E-state index >= 15 is 0 Å². The number of H-pyrrole nitrogens is 1. The molecule has 0 aliphatic heterocycles. The van der Waals surface area contributed by atoms with Gasteiger partial charge in [0.15, 0.2) is 5.78 Å². The summed E-state index contributed by atoms with van der Waals surface area (Å²) in [6, 6.07) is 1.48. The highest BCUT2D eigenvalue weighted by Crippen LogP contribution is 2.33. The Hall–Kier alpha value is -1.91. The van der Waals surface area contributed by atoms with Gasteiger partial charge in [-0.25, -0.2) is 0 Å². The molecule has 21 heavy (non-hydrogen) atoms. The minimum atomic E-state index is -0.406. The van der Waals surface area contributed by atoms with Crippen LogP contribution in [0.5, 0.6) is 0 Å². The minimum Gasteiger partial charge on any atom is -0.339 e. The first kappa shape index (κ1) is 15.5. The second-order valence-electron chi connectivity index (χ2n) is 6.32. The van der Waals surface area contributed by atoms with Crippen LogP contribution in [0.15, 0.2) is 10.9 Å². The SMILES string of the molecule is CCN(CC)C(=O)c1cc2c([nH]c1=O)CC(C)(C)CC2=O. The lowest BCUT2D eigenvalue weighted by atomic mass is 9.75. The number of fused-ring (bicyclic) bond motifs is 1. The van der Waals surface area contributed by atoms with Crippen molar-refractivity contribution in [1.82, 2.24) is 9.88 Å². The highest BCUT2D eigenvalue weighted by atomic mass is 16.2. The summed E-state index contributed by atoms with van der Waals surface area (Å²) in [5, 5.41) is 0. The van der Waals surface area contributed by atoms with E-state index in [0.717, 1.165) is 0 Å². The number of amides is 1. The fourth-order valence-electron chi connectivity index (χ4n) is 2.87. The fourth-order valence-corrected chi connectivity index (χ4v) is 2.87. The van der Waals surface area contributed by atoms with Crippen LogP contribution in [0.4, 0.5) is 0 Å². The molecule has 1 aromatic heterocycles. The zero-order valence-corrected chi connectivity index (χ0v) is 13.1. The highest BCUT2D eigenvalue weighted by Gasteiger charge is 2.33. The average Bonchev–Trinajstić information content (AvgIpc) is 2.37. The van der Waals surface area contributed by atoms with Gasteiger partial charge in [-0.05, 0) is 31.7 Å². The Bertz CT molecular complexity index is 639. The minimum absolute atomic E-state index is 0.00824. The van der Waals surface area contributed by atoms with Crippen molar-refractivity contribution >= 4 is 11.7 Å². The summed E-state index contributed by atoms with van der Waals surface area (Å²) in [6.07, 6.45) is 1.08. The first-order valence-corrected chi connectivity index (χ1v) is 7.37. The van der Waals surface area contributed by atoms with Crippen molar-refractivity contribution < 1.29 is 9.59 Å². The number of hydrogen-bond acceptors (Lipinski definition) is 3. The summed E-state index contributed by atoms with van der Waals surface area (Å²) in [5.41, 5.74) is 0.640. The third-order valence-corrected chi connectivity index (χ3v) is 4.00. The van der Waals surface area contributed by atoms with Gasteiger partial charge < -0.3 is 9.88 Å². The molecule has 0 bridgehead atoms. The Kier molecular flexibility index (Phi) is 4.03. The monoisotopic (exact) mass is 290 g/mol. The lowest BCUT2D eigenvalue weighted by Gasteiger charge is -2.30. The summed E-state index contributed by atoms with van der Waals surface area (Å²) in [5.74, 6) is -0.326. The summed E-state index contributed by atoms with van der Waals surface area (Å²) < 4.78 is 0. The van der Waals surface area contributed by atoms with Crippen LogP contribution >= 0.6 is 0 Å². The number of hydrogen-bond donors (Lipinski definition) is 1. The van der Waals surface area contributed by atoms with Crippen LogP contribution in [-0.2, 0) is 6.42 Å². The third-order valence-electron chi connectivity index (χ3n) is 4.00. The Morgan fingerprint density at radius 1 is 1.24 bits per heavy atom. The molecular weight excluding hydrogens is 268 g/mol. The number of nitrogens with zero attached hydrogens (tertiary/aromatic N) is 1. The third kappa shape index (κ3) is 2.91. The van der Waals surface area contributed by atoms with Crippen LogP contribution in [0.1, 0.15) is 60.5 Å². The molecule has 2 rings (SSSR count). The van der Waals surface area contributed by atoms with Gasteiger partial charge in [-0.3, -0.25) is 14.4 Å². The molecule has 1 aromatic rings. The van der Waals surface area contributed by atoms with Crippen LogP contribution in [0, 0.1) is 5.41 Å². The molecule has 114 valence electrons. The number of ketones is 1. The van der Waals surface area contributed by atoms with Gasteiger partial charge in [-0.2, -0.15) is 0 Å². The molecule has 1 heterocycles. The molecule has 5 heteroatoms. The van der Waals surface area contributed by atoms with Crippen molar-refractivity contribution in [2.45, 2.75) is 40.5 Å². The summed E-state index contributed by atoms with van der Waals surface area (Å²) in [6.45, 7) is 8.80. The molecule has 0 saturated heterocycles. The van der Waals surface area contributed by atoms with Crippen LogP contribution in [0.2, 0.25) is 0 Å². The molecule has 1 N–H and O–H groups in total. The average molecular weight is 290 g/mol. The van der Waals surface area contributed by atoms with E-state index in [1.165, 1.54) is 6.07 Å². The maximum atomic E-state index is 12.3. The van der Waals surface area contributed by atoms with Crippen molar-refractivity contribution in [2.24, 2.45) is 5.41 Å². The van der Waals surface area contributed by atoms with Crippen molar-refractivity contribution in [3.8, 4) is 0 Å². The number of aromatic amines is 1. The molecule has 0 radical (unpaired) electrons. The Balaban J connectivity index is 2.49.